The molecular weight excluding hydrogens is 305 g/mol. The van der Waals surface area contributed by atoms with E-state index in [1.54, 1.807) is 6.07 Å². The molecule has 23 heavy (non-hydrogen) atoms. The van der Waals surface area contributed by atoms with Crippen molar-refractivity contribution in [2.45, 2.75) is 32.5 Å². The molecule has 0 spiro atoms. The van der Waals surface area contributed by atoms with Crippen LogP contribution in [0.2, 0.25) is 0 Å². The van der Waals surface area contributed by atoms with Crippen molar-refractivity contribution in [2.75, 3.05) is 0 Å². The molecule has 0 heterocycles. The van der Waals surface area contributed by atoms with E-state index in [2.05, 4.69) is 0 Å². The van der Waals surface area contributed by atoms with Crippen LogP contribution in [-0.4, -0.2) is 12.0 Å². The molecule has 5 heteroatoms. The van der Waals surface area contributed by atoms with Crippen LogP contribution >= 0.6 is 0 Å². The second-order valence-electron chi connectivity index (χ2n) is 5.48. The molecule has 0 aliphatic heterocycles. The van der Waals surface area contributed by atoms with Gasteiger partial charge in [-0.15, -0.1) is 0 Å². The highest BCUT2D eigenvalue weighted by atomic mass is 19.4. The average Bonchev–Trinajstić information content (AvgIpc) is 2.51. The normalized spacial score (nSPS) is 11.6. The molecule has 0 radical (unpaired) electrons. The fraction of sp³-hybridized carbons (Fsp3) is 0.278. The number of hydrogen-bond acceptors (Lipinski definition) is 2. The van der Waals surface area contributed by atoms with E-state index in [0.29, 0.717) is 5.56 Å². The maximum atomic E-state index is 12.8. The van der Waals surface area contributed by atoms with Gasteiger partial charge in [0.2, 0.25) is 0 Å². The molecule has 122 valence electrons. The van der Waals surface area contributed by atoms with E-state index in [1.807, 2.05) is 44.2 Å². The summed E-state index contributed by atoms with van der Waals surface area (Å²) in [6.45, 7) is 3.78. The minimum Gasteiger partial charge on any atom is -0.488 e. The monoisotopic (exact) mass is 322 g/mol. The summed E-state index contributed by atoms with van der Waals surface area (Å²) in [5, 5.41) is 0. The van der Waals surface area contributed by atoms with E-state index in [-0.39, 0.29) is 18.3 Å². The van der Waals surface area contributed by atoms with Crippen molar-refractivity contribution in [3.05, 3.63) is 65.2 Å². The second kappa shape index (κ2) is 6.86. The molecule has 0 aliphatic rings. The Morgan fingerprint density at radius 2 is 1.70 bits per heavy atom. The SMILES string of the molecule is CC(C)c1cccc(C(=O)C(F)(F)F)c1OCc1ccccc1. The van der Waals surface area contributed by atoms with Crippen LogP contribution in [0.3, 0.4) is 0 Å². The minimum absolute atomic E-state index is 0.00804. The van der Waals surface area contributed by atoms with Crippen LogP contribution in [0, 0.1) is 0 Å². The first-order valence-corrected chi connectivity index (χ1v) is 7.22. The van der Waals surface area contributed by atoms with Gasteiger partial charge >= 0.3 is 6.18 Å². The van der Waals surface area contributed by atoms with Crippen LogP contribution in [0.15, 0.2) is 48.5 Å². The molecule has 2 aromatic carbocycles. The summed E-state index contributed by atoms with van der Waals surface area (Å²) in [4.78, 5) is 11.7. The molecular formula is C18H17F3O2. The van der Waals surface area contributed by atoms with E-state index >= 15 is 0 Å². The van der Waals surface area contributed by atoms with Crippen LogP contribution < -0.4 is 4.74 Å². The van der Waals surface area contributed by atoms with E-state index in [1.165, 1.54) is 6.07 Å². The number of para-hydroxylation sites is 1. The number of Topliss-reactive ketones (excluding diaryl/α,β-unsaturated/α-hetero) is 1. The number of hydrogen-bond donors (Lipinski definition) is 0. The lowest BCUT2D eigenvalue weighted by Crippen LogP contribution is -2.24. The van der Waals surface area contributed by atoms with Gasteiger partial charge in [-0.25, -0.2) is 0 Å². The van der Waals surface area contributed by atoms with Gasteiger partial charge < -0.3 is 4.74 Å². The third-order valence-corrected chi connectivity index (χ3v) is 3.40. The van der Waals surface area contributed by atoms with Gasteiger partial charge in [-0.05, 0) is 23.1 Å². The summed E-state index contributed by atoms with van der Waals surface area (Å²) in [6, 6.07) is 13.4. The average molecular weight is 322 g/mol. The molecule has 0 atom stereocenters. The fourth-order valence-corrected chi connectivity index (χ4v) is 2.23. The van der Waals surface area contributed by atoms with Crippen LogP contribution in [0.5, 0.6) is 5.75 Å². The Kier molecular flexibility index (Phi) is 5.08. The highest BCUT2D eigenvalue weighted by molar-refractivity contribution is 6.02. The molecule has 0 unspecified atom stereocenters. The second-order valence-corrected chi connectivity index (χ2v) is 5.48. The molecule has 0 amide bonds. The lowest BCUT2D eigenvalue weighted by molar-refractivity contribution is -0.0886. The van der Waals surface area contributed by atoms with E-state index in [9.17, 15) is 18.0 Å². The summed E-state index contributed by atoms with van der Waals surface area (Å²) < 4.78 is 44.0. The zero-order chi connectivity index (χ0) is 17.0. The molecule has 0 N–H and O–H groups in total. The smallest absolute Gasteiger partial charge is 0.455 e. The van der Waals surface area contributed by atoms with Crippen molar-refractivity contribution < 1.29 is 22.7 Å². The first kappa shape index (κ1) is 17.1. The maximum absolute atomic E-state index is 12.8. The predicted molar refractivity (Wildman–Crippen MR) is 81.7 cm³/mol. The van der Waals surface area contributed by atoms with E-state index < -0.39 is 17.5 Å². The summed E-state index contributed by atoms with van der Waals surface area (Å²) in [5.41, 5.74) is 0.951. The number of alkyl halides is 3. The third-order valence-electron chi connectivity index (χ3n) is 3.40. The molecule has 0 aliphatic carbocycles. The van der Waals surface area contributed by atoms with Crippen LogP contribution in [0.25, 0.3) is 0 Å². The number of ether oxygens (including phenoxy) is 1. The molecule has 2 aromatic rings. The molecule has 0 fully saturated rings. The van der Waals surface area contributed by atoms with Gasteiger partial charge in [-0.2, -0.15) is 13.2 Å². The standard InChI is InChI=1S/C18H17F3O2/c1-12(2)14-9-6-10-15(17(22)18(19,20)21)16(14)23-11-13-7-4-3-5-8-13/h3-10,12H,11H2,1-2H3. The number of benzene rings is 2. The number of carbonyl (C=O) groups is 1. The Morgan fingerprint density at radius 3 is 2.26 bits per heavy atom. The van der Waals surface area contributed by atoms with Gasteiger partial charge in [-0.1, -0.05) is 56.3 Å². The van der Waals surface area contributed by atoms with Gasteiger partial charge in [-0.3, -0.25) is 4.79 Å². The summed E-state index contributed by atoms with van der Waals surface area (Å²) >= 11 is 0. The highest BCUT2D eigenvalue weighted by Gasteiger charge is 2.41. The van der Waals surface area contributed by atoms with Gasteiger partial charge in [0.05, 0.1) is 5.56 Å². The Labute approximate surface area is 132 Å². The lowest BCUT2D eigenvalue weighted by atomic mass is 9.97. The van der Waals surface area contributed by atoms with Gasteiger partial charge in [0, 0.05) is 0 Å². The zero-order valence-electron chi connectivity index (χ0n) is 12.9. The first-order chi connectivity index (χ1) is 10.8. The molecule has 0 saturated carbocycles. The lowest BCUT2D eigenvalue weighted by Gasteiger charge is -2.18. The van der Waals surface area contributed by atoms with Crippen LogP contribution in [-0.2, 0) is 6.61 Å². The topological polar surface area (TPSA) is 26.3 Å². The molecule has 0 bridgehead atoms. The van der Waals surface area contributed by atoms with Crippen molar-refractivity contribution in [1.82, 2.24) is 0 Å². The Balaban J connectivity index is 2.39. The van der Waals surface area contributed by atoms with Crippen LogP contribution in [0.1, 0.15) is 41.3 Å². The minimum atomic E-state index is -4.93. The maximum Gasteiger partial charge on any atom is 0.455 e. The van der Waals surface area contributed by atoms with Crippen molar-refractivity contribution in [2.24, 2.45) is 0 Å². The number of halogens is 3. The molecule has 0 aromatic heterocycles. The van der Waals surface area contributed by atoms with Crippen molar-refractivity contribution in [1.29, 1.82) is 0 Å². The van der Waals surface area contributed by atoms with Gasteiger partial charge in [0.15, 0.2) is 0 Å². The molecule has 2 nitrogen and oxygen atoms in total. The summed E-state index contributed by atoms with van der Waals surface area (Å²) in [7, 11) is 0. The Morgan fingerprint density at radius 1 is 1.04 bits per heavy atom. The van der Waals surface area contributed by atoms with Crippen molar-refractivity contribution >= 4 is 5.78 Å². The van der Waals surface area contributed by atoms with Crippen LogP contribution in [0.4, 0.5) is 13.2 Å². The molecule has 2 rings (SSSR count). The Bertz CT molecular complexity index is 676. The van der Waals surface area contributed by atoms with Crippen molar-refractivity contribution in [3.8, 4) is 5.75 Å². The third kappa shape index (κ3) is 4.12. The summed E-state index contributed by atoms with van der Waals surface area (Å²) in [6.07, 6.45) is -4.93. The van der Waals surface area contributed by atoms with E-state index in [4.69, 9.17) is 4.74 Å². The zero-order valence-corrected chi connectivity index (χ0v) is 12.9. The predicted octanol–water partition coefficient (Wildman–Crippen LogP) is 5.13. The summed E-state index contributed by atoms with van der Waals surface area (Å²) in [5.74, 6) is -1.95. The largest absolute Gasteiger partial charge is 0.488 e. The fourth-order valence-electron chi connectivity index (χ4n) is 2.23. The number of ketones is 1. The first-order valence-electron chi connectivity index (χ1n) is 7.22. The number of rotatable bonds is 5. The van der Waals surface area contributed by atoms with Gasteiger partial charge in [0.1, 0.15) is 12.4 Å². The molecule has 0 saturated heterocycles. The van der Waals surface area contributed by atoms with Gasteiger partial charge in [0.25, 0.3) is 5.78 Å². The quantitative estimate of drug-likeness (QED) is 0.713. The highest BCUT2D eigenvalue weighted by Crippen LogP contribution is 2.34. The Hall–Kier alpha value is -2.30. The van der Waals surface area contributed by atoms with Crippen molar-refractivity contribution in [3.63, 3.8) is 0 Å². The number of carbonyl (C=O) groups excluding carboxylic acids is 1. The van der Waals surface area contributed by atoms with E-state index in [0.717, 1.165) is 11.6 Å².